The van der Waals surface area contributed by atoms with Gasteiger partial charge >= 0.3 is 0 Å². The van der Waals surface area contributed by atoms with Gasteiger partial charge in [-0.3, -0.25) is 0 Å². The largest absolute Gasteiger partial charge is 0.397 e. The van der Waals surface area contributed by atoms with Crippen molar-refractivity contribution in [3.05, 3.63) is 97.1 Å². The molecule has 4 nitrogen and oxygen atoms in total. The second-order valence-electron chi connectivity index (χ2n) is 6.59. The van der Waals surface area contributed by atoms with Gasteiger partial charge in [0.25, 0.3) is 0 Å². The maximum Gasteiger partial charge on any atom is 0.0617 e. The Bertz CT molecular complexity index is 1020. The fourth-order valence-corrected chi connectivity index (χ4v) is 3.09. The van der Waals surface area contributed by atoms with Gasteiger partial charge in [0, 0.05) is 11.4 Å². The number of nitrogen functional groups attached to an aromatic ring is 2. The van der Waals surface area contributed by atoms with E-state index in [0.717, 1.165) is 45.3 Å². The monoisotopic (exact) mass is 366 g/mol. The van der Waals surface area contributed by atoms with Crippen LogP contribution in [-0.4, -0.2) is 0 Å². The molecule has 0 aliphatic carbocycles. The predicted molar refractivity (Wildman–Crippen MR) is 120 cm³/mol. The number of anilines is 6. The van der Waals surface area contributed by atoms with Gasteiger partial charge in [-0.15, -0.1) is 0 Å². The van der Waals surface area contributed by atoms with Crippen molar-refractivity contribution in [2.45, 2.75) is 0 Å². The minimum Gasteiger partial charge on any atom is -0.397 e. The maximum absolute atomic E-state index is 6.04. The van der Waals surface area contributed by atoms with Crippen molar-refractivity contribution in [1.82, 2.24) is 0 Å². The molecule has 6 N–H and O–H groups in total. The second kappa shape index (κ2) is 7.76. The molecule has 0 aromatic heterocycles. The Kier molecular flexibility index (Phi) is 4.85. The van der Waals surface area contributed by atoms with Crippen LogP contribution in [0.5, 0.6) is 0 Å². The molecule has 4 aromatic carbocycles. The Labute approximate surface area is 164 Å². The quantitative estimate of drug-likeness (QED) is 0.327. The molecule has 0 saturated heterocycles. The van der Waals surface area contributed by atoms with Gasteiger partial charge < -0.3 is 22.1 Å². The summed E-state index contributed by atoms with van der Waals surface area (Å²) in [5.74, 6) is 0. The van der Waals surface area contributed by atoms with Crippen molar-refractivity contribution in [3.8, 4) is 11.1 Å². The van der Waals surface area contributed by atoms with Crippen LogP contribution < -0.4 is 22.1 Å². The number of benzene rings is 4. The van der Waals surface area contributed by atoms with Crippen LogP contribution >= 0.6 is 0 Å². The molecule has 28 heavy (non-hydrogen) atoms. The van der Waals surface area contributed by atoms with E-state index in [4.69, 9.17) is 11.5 Å². The van der Waals surface area contributed by atoms with E-state index in [1.807, 2.05) is 72.8 Å². The lowest BCUT2D eigenvalue weighted by atomic mass is 10.0. The van der Waals surface area contributed by atoms with Gasteiger partial charge in [-0.2, -0.15) is 0 Å². The summed E-state index contributed by atoms with van der Waals surface area (Å²) >= 11 is 0. The molecule has 0 fully saturated rings. The summed E-state index contributed by atoms with van der Waals surface area (Å²) in [5.41, 5.74) is 19.5. The van der Waals surface area contributed by atoms with Crippen molar-refractivity contribution < 1.29 is 0 Å². The minimum atomic E-state index is 0.722. The number of hydrogen-bond acceptors (Lipinski definition) is 4. The average molecular weight is 366 g/mol. The Morgan fingerprint density at radius 2 is 0.893 bits per heavy atom. The third kappa shape index (κ3) is 3.91. The molecule has 0 radical (unpaired) electrons. The summed E-state index contributed by atoms with van der Waals surface area (Å²) in [5, 5.41) is 6.77. The molecule has 138 valence electrons. The van der Waals surface area contributed by atoms with E-state index in [1.165, 1.54) is 0 Å². The maximum atomic E-state index is 6.04. The van der Waals surface area contributed by atoms with Crippen LogP contribution in [0.15, 0.2) is 97.1 Å². The third-order valence-electron chi connectivity index (χ3n) is 4.54. The van der Waals surface area contributed by atoms with Crippen LogP contribution in [0.4, 0.5) is 34.1 Å². The normalized spacial score (nSPS) is 10.4. The molecule has 4 heteroatoms. The Hall–Kier alpha value is -3.92. The fourth-order valence-electron chi connectivity index (χ4n) is 3.09. The van der Waals surface area contributed by atoms with Crippen molar-refractivity contribution >= 4 is 34.1 Å². The van der Waals surface area contributed by atoms with Gasteiger partial charge in [0.1, 0.15) is 0 Å². The molecule has 0 unspecified atom stereocenters. The molecule has 0 bridgehead atoms. The first-order chi connectivity index (χ1) is 13.7. The number of nitrogens with two attached hydrogens (primary N) is 2. The van der Waals surface area contributed by atoms with Crippen LogP contribution in [0.25, 0.3) is 11.1 Å². The summed E-state index contributed by atoms with van der Waals surface area (Å²) in [6.07, 6.45) is 0. The van der Waals surface area contributed by atoms with E-state index < -0.39 is 0 Å². The standard InChI is InChI=1S/C24H22N4/c25-21-11-1-3-13-23(21)27-19-9-5-7-17(15-19)18-8-6-10-20(16-18)28-24-14-4-2-12-22(24)26/h1-16,27-28H,25-26H2. The van der Waals surface area contributed by atoms with Crippen LogP contribution in [0.3, 0.4) is 0 Å². The molecule has 0 aliphatic rings. The van der Waals surface area contributed by atoms with Gasteiger partial charge in [0.15, 0.2) is 0 Å². The number of rotatable bonds is 5. The van der Waals surface area contributed by atoms with Crippen LogP contribution in [-0.2, 0) is 0 Å². The van der Waals surface area contributed by atoms with Gasteiger partial charge in [-0.05, 0) is 59.7 Å². The molecular formula is C24H22N4. The zero-order chi connectivity index (χ0) is 19.3. The van der Waals surface area contributed by atoms with Crippen molar-refractivity contribution in [2.24, 2.45) is 0 Å². The molecule has 0 saturated carbocycles. The van der Waals surface area contributed by atoms with Crippen molar-refractivity contribution in [1.29, 1.82) is 0 Å². The first-order valence-electron chi connectivity index (χ1n) is 9.12. The molecule has 0 atom stereocenters. The minimum absolute atomic E-state index is 0.722. The van der Waals surface area contributed by atoms with Crippen LogP contribution in [0, 0.1) is 0 Å². The summed E-state index contributed by atoms with van der Waals surface area (Å²) < 4.78 is 0. The molecule has 0 aliphatic heterocycles. The van der Waals surface area contributed by atoms with Gasteiger partial charge in [0.2, 0.25) is 0 Å². The topological polar surface area (TPSA) is 76.1 Å². The van der Waals surface area contributed by atoms with Crippen molar-refractivity contribution in [2.75, 3.05) is 22.1 Å². The molecular weight excluding hydrogens is 344 g/mol. The lowest BCUT2D eigenvalue weighted by Gasteiger charge is -2.12. The Morgan fingerprint density at radius 1 is 0.464 bits per heavy atom. The summed E-state index contributed by atoms with van der Waals surface area (Å²) in [6.45, 7) is 0. The smallest absolute Gasteiger partial charge is 0.0617 e. The van der Waals surface area contributed by atoms with E-state index in [1.54, 1.807) is 0 Å². The highest BCUT2D eigenvalue weighted by molar-refractivity contribution is 5.78. The molecule has 0 spiro atoms. The summed E-state index contributed by atoms with van der Waals surface area (Å²) in [7, 11) is 0. The fraction of sp³-hybridized carbons (Fsp3) is 0. The lowest BCUT2D eigenvalue weighted by Crippen LogP contribution is -1.96. The first kappa shape index (κ1) is 17.5. The third-order valence-corrected chi connectivity index (χ3v) is 4.54. The number of nitrogens with one attached hydrogen (secondary N) is 2. The van der Waals surface area contributed by atoms with Gasteiger partial charge in [-0.1, -0.05) is 48.5 Å². The summed E-state index contributed by atoms with van der Waals surface area (Å²) in [4.78, 5) is 0. The highest BCUT2D eigenvalue weighted by Gasteiger charge is 2.04. The first-order valence-corrected chi connectivity index (χ1v) is 9.12. The van der Waals surface area contributed by atoms with E-state index in [0.29, 0.717) is 0 Å². The Balaban J connectivity index is 1.59. The van der Waals surface area contributed by atoms with Crippen LogP contribution in [0.2, 0.25) is 0 Å². The van der Waals surface area contributed by atoms with Crippen molar-refractivity contribution in [3.63, 3.8) is 0 Å². The average Bonchev–Trinajstić information content (AvgIpc) is 2.72. The highest BCUT2D eigenvalue weighted by atomic mass is 14.9. The molecule has 4 aromatic rings. The van der Waals surface area contributed by atoms with Gasteiger partial charge in [0.05, 0.1) is 22.7 Å². The molecule has 0 heterocycles. The van der Waals surface area contributed by atoms with Crippen LogP contribution in [0.1, 0.15) is 0 Å². The second-order valence-corrected chi connectivity index (χ2v) is 6.59. The van der Waals surface area contributed by atoms with E-state index in [-0.39, 0.29) is 0 Å². The molecule has 0 amide bonds. The number of para-hydroxylation sites is 4. The Morgan fingerprint density at radius 3 is 1.32 bits per heavy atom. The summed E-state index contributed by atoms with van der Waals surface area (Å²) in [6, 6.07) is 32.0. The number of hydrogen-bond donors (Lipinski definition) is 4. The predicted octanol–water partition coefficient (Wildman–Crippen LogP) is 6.01. The zero-order valence-corrected chi connectivity index (χ0v) is 15.4. The van der Waals surface area contributed by atoms with E-state index in [9.17, 15) is 0 Å². The SMILES string of the molecule is Nc1ccccc1Nc1cccc(-c2cccc(Nc3ccccc3N)c2)c1. The van der Waals surface area contributed by atoms with E-state index in [2.05, 4.69) is 34.9 Å². The highest BCUT2D eigenvalue weighted by Crippen LogP contribution is 2.30. The van der Waals surface area contributed by atoms with E-state index >= 15 is 0 Å². The lowest BCUT2D eigenvalue weighted by molar-refractivity contribution is 1.52. The molecule has 4 rings (SSSR count). The van der Waals surface area contributed by atoms with Gasteiger partial charge in [-0.25, -0.2) is 0 Å². The zero-order valence-electron chi connectivity index (χ0n) is 15.4.